The molecule has 0 atom stereocenters. The second kappa shape index (κ2) is 11.0. The van der Waals surface area contributed by atoms with E-state index in [9.17, 15) is 18.0 Å². The Morgan fingerprint density at radius 3 is 2.54 bits per heavy atom. The lowest BCUT2D eigenvalue weighted by atomic mass is 9.93. The van der Waals surface area contributed by atoms with E-state index in [0.29, 0.717) is 26.1 Å². The Kier molecular flexibility index (Phi) is 7.84. The number of nitrogens with zero attached hydrogens (tertiary/aromatic N) is 2. The van der Waals surface area contributed by atoms with Crippen LogP contribution in [0, 0.1) is 0 Å². The summed E-state index contributed by atoms with van der Waals surface area (Å²) in [6.45, 7) is 2.94. The van der Waals surface area contributed by atoms with Crippen molar-refractivity contribution in [1.29, 1.82) is 0 Å². The van der Waals surface area contributed by atoms with Gasteiger partial charge in [0.15, 0.2) is 0 Å². The summed E-state index contributed by atoms with van der Waals surface area (Å²) in [7, 11) is 1.33. The van der Waals surface area contributed by atoms with Crippen LogP contribution in [0.4, 0.5) is 29.5 Å². The van der Waals surface area contributed by atoms with Gasteiger partial charge in [-0.15, -0.1) is 0 Å². The molecule has 2 heterocycles. The molecule has 0 spiro atoms. The number of aromatic nitrogens is 1. The molecular formula is C24H29F3N4O4. The maximum absolute atomic E-state index is 13.0. The number of amides is 2. The molecule has 1 aliphatic carbocycles. The van der Waals surface area contributed by atoms with Crippen LogP contribution in [0.5, 0.6) is 11.5 Å². The van der Waals surface area contributed by atoms with E-state index in [1.54, 1.807) is 6.20 Å². The van der Waals surface area contributed by atoms with Crippen molar-refractivity contribution in [3.8, 4) is 11.5 Å². The molecule has 1 aliphatic heterocycles. The Morgan fingerprint density at radius 1 is 1.11 bits per heavy atom. The fourth-order valence-electron chi connectivity index (χ4n) is 4.28. The number of rotatable bonds is 6. The van der Waals surface area contributed by atoms with Gasteiger partial charge in [-0.25, -0.2) is 9.78 Å². The topological polar surface area (TPSA) is 85.0 Å². The van der Waals surface area contributed by atoms with E-state index in [0.717, 1.165) is 49.6 Å². The highest BCUT2D eigenvalue weighted by molar-refractivity contribution is 5.91. The molecule has 0 radical (unpaired) electrons. The summed E-state index contributed by atoms with van der Waals surface area (Å²) in [6, 6.07) is 6.06. The molecule has 2 N–H and O–H groups in total. The number of morpholine rings is 1. The number of urea groups is 1. The monoisotopic (exact) mass is 494 g/mol. The first kappa shape index (κ1) is 24.9. The second-order valence-electron chi connectivity index (χ2n) is 8.55. The van der Waals surface area contributed by atoms with Gasteiger partial charge in [-0.2, -0.15) is 13.2 Å². The highest BCUT2D eigenvalue weighted by Crippen LogP contribution is 2.35. The van der Waals surface area contributed by atoms with Crippen LogP contribution in [0.3, 0.4) is 0 Å². The lowest BCUT2D eigenvalue weighted by Crippen LogP contribution is -2.41. The number of alkyl halides is 3. The van der Waals surface area contributed by atoms with Crippen LogP contribution in [-0.2, 0) is 10.9 Å². The first-order chi connectivity index (χ1) is 16.8. The summed E-state index contributed by atoms with van der Waals surface area (Å²) in [5.41, 5.74) is -0.898. The Hall–Kier alpha value is -3.21. The van der Waals surface area contributed by atoms with E-state index in [1.807, 2.05) is 12.1 Å². The Labute approximate surface area is 201 Å². The van der Waals surface area contributed by atoms with Crippen LogP contribution in [0.25, 0.3) is 0 Å². The maximum atomic E-state index is 13.0. The number of carbonyl (C=O) groups is 1. The first-order valence-corrected chi connectivity index (χ1v) is 11.6. The number of halogens is 3. The molecule has 0 bridgehead atoms. The molecule has 11 heteroatoms. The summed E-state index contributed by atoms with van der Waals surface area (Å²) in [4.78, 5) is 19.1. The molecule has 190 valence electrons. The van der Waals surface area contributed by atoms with E-state index in [1.165, 1.54) is 13.2 Å². The zero-order valence-corrected chi connectivity index (χ0v) is 19.4. The van der Waals surface area contributed by atoms with Gasteiger partial charge < -0.3 is 29.7 Å². The fraction of sp³-hybridized carbons (Fsp3) is 0.500. The predicted molar refractivity (Wildman–Crippen MR) is 124 cm³/mol. The van der Waals surface area contributed by atoms with E-state index in [-0.39, 0.29) is 23.6 Å². The minimum Gasteiger partial charge on any atom is -0.495 e. The highest BCUT2D eigenvalue weighted by atomic mass is 19.4. The van der Waals surface area contributed by atoms with Gasteiger partial charge in [0.2, 0.25) is 0 Å². The van der Waals surface area contributed by atoms with Crippen molar-refractivity contribution in [3.05, 3.63) is 42.1 Å². The summed E-state index contributed by atoms with van der Waals surface area (Å²) in [5.74, 6) is 1.77. The van der Waals surface area contributed by atoms with E-state index in [4.69, 9.17) is 14.2 Å². The molecule has 1 saturated heterocycles. The Morgan fingerprint density at radius 2 is 1.86 bits per heavy atom. The number of ether oxygens (including phenoxy) is 3. The number of anilines is 2. The minimum absolute atomic E-state index is 0.0135. The van der Waals surface area contributed by atoms with Crippen molar-refractivity contribution >= 4 is 17.5 Å². The van der Waals surface area contributed by atoms with E-state index >= 15 is 0 Å². The van der Waals surface area contributed by atoms with Crippen molar-refractivity contribution in [2.24, 2.45) is 0 Å². The molecule has 4 rings (SSSR count). The molecule has 8 nitrogen and oxygen atoms in total. The third-order valence-corrected chi connectivity index (χ3v) is 6.14. The molecule has 1 aromatic carbocycles. The number of nitrogens with one attached hydrogen (secondary N) is 2. The van der Waals surface area contributed by atoms with Gasteiger partial charge in [0.1, 0.15) is 17.3 Å². The number of hydrogen-bond donors (Lipinski definition) is 2. The van der Waals surface area contributed by atoms with Crippen molar-refractivity contribution < 1.29 is 32.2 Å². The lowest BCUT2D eigenvalue weighted by molar-refractivity contribution is -0.137. The summed E-state index contributed by atoms with van der Waals surface area (Å²) in [6.07, 6.45) is 0.104. The van der Waals surface area contributed by atoms with Crippen LogP contribution in [-0.4, -0.2) is 56.6 Å². The molecule has 2 aliphatic rings. The number of methoxy groups -OCH3 is 1. The SMILES string of the molecule is COc1ccc(C(F)(F)F)cc1NC(=O)NC1CCC(Oc2ccnc(N3CCOCC3)c2)CC1. The molecule has 2 aromatic rings. The quantitative estimate of drug-likeness (QED) is 0.617. The Bertz CT molecular complexity index is 1010. The van der Waals surface area contributed by atoms with Gasteiger partial charge in [-0.1, -0.05) is 0 Å². The largest absolute Gasteiger partial charge is 0.495 e. The van der Waals surface area contributed by atoms with Gasteiger partial charge in [0, 0.05) is 31.4 Å². The number of pyridine rings is 1. The molecule has 1 saturated carbocycles. The summed E-state index contributed by atoms with van der Waals surface area (Å²) >= 11 is 0. The zero-order chi connectivity index (χ0) is 24.8. The molecule has 0 unspecified atom stereocenters. The van der Waals surface area contributed by atoms with E-state index in [2.05, 4.69) is 20.5 Å². The number of benzene rings is 1. The summed E-state index contributed by atoms with van der Waals surface area (Å²) in [5, 5.41) is 5.33. The van der Waals surface area contributed by atoms with Crippen molar-refractivity contribution in [2.45, 2.75) is 44.0 Å². The second-order valence-corrected chi connectivity index (χ2v) is 8.55. The lowest BCUT2D eigenvalue weighted by Gasteiger charge is -2.30. The summed E-state index contributed by atoms with van der Waals surface area (Å²) < 4.78 is 55.7. The van der Waals surface area contributed by atoms with Crippen LogP contribution in [0.15, 0.2) is 36.5 Å². The van der Waals surface area contributed by atoms with Gasteiger partial charge in [0.05, 0.1) is 37.7 Å². The molecule has 2 amide bonds. The van der Waals surface area contributed by atoms with Gasteiger partial charge in [-0.05, 0) is 49.9 Å². The molecular weight excluding hydrogens is 465 g/mol. The standard InChI is InChI=1S/C24H29F3N4O4/c1-33-21-7-2-16(24(25,26)27)14-20(21)30-23(32)29-17-3-5-18(6-4-17)35-19-8-9-28-22(15-19)31-10-12-34-13-11-31/h2,7-9,14-15,17-18H,3-6,10-13H2,1H3,(H2,29,30,32). The van der Waals surface area contributed by atoms with Crippen molar-refractivity contribution in [2.75, 3.05) is 43.6 Å². The Balaban J connectivity index is 1.27. The first-order valence-electron chi connectivity index (χ1n) is 11.6. The average Bonchev–Trinajstić information content (AvgIpc) is 2.85. The zero-order valence-electron chi connectivity index (χ0n) is 19.4. The van der Waals surface area contributed by atoms with Crippen molar-refractivity contribution in [3.63, 3.8) is 0 Å². The molecule has 2 fully saturated rings. The third-order valence-electron chi connectivity index (χ3n) is 6.14. The average molecular weight is 495 g/mol. The minimum atomic E-state index is -4.52. The fourth-order valence-corrected chi connectivity index (χ4v) is 4.28. The van der Waals surface area contributed by atoms with Gasteiger partial charge in [0.25, 0.3) is 0 Å². The molecule has 1 aromatic heterocycles. The van der Waals surface area contributed by atoms with Crippen molar-refractivity contribution in [1.82, 2.24) is 10.3 Å². The van der Waals surface area contributed by atoms with Crippen LogP contribution >= 0.6 is 0 Å². The number of hydrogen-bond acceptors (Lipinski definition) is 6. The van der Waals surface area contributed by atoms with Crippen LogP contribution < -0.4 is 25.0 Å². The number of carbonyl (C=O) groups excluding carboxylic acids is 1. The van der Waals surface area contributed by atoms with Gasteiger partial charge in [-0.3, -0.25) is 0 Å². The molecule has 35 heavy (non-hydrogen) atoms. The normalized spacial score (nSPS) is 20.7. The van der Waals surface area contributed by atoms with Gasteiger partial charge >= 0.3 is 12.2 Å². The maximum Gasteiger partial charge on any atom is 0.416 e. The predicted octanol–water partition coefficient (Wildman–Crippen LogP) is 4.46. The van der Waals surface area contributed by atoms with E-state index < -0.39 is 17.8 Å². The third kappa shape index (κ3) is 6.68. The van der Waals surface area contributed by atoms with Crippen LogP contribution in [0.2, 0.25) is 0 Å². The smallest absolute Gasteiger partial charge is 0.416 e. The highest BCUT2D eigenvalue weighted by Gasteiger charge is 2.31. The van der Waals surface area contributed by atoms with Crippen LogP contribution in [0.1, 0.15) is 31.2 Å².